The van der Waals surface area contributed by atoms with Gasteiger partial charge in [-0.1, -0.05) is 30.3 Å². The summed E-state index contributed by atoms with van der Waals surface area (Å²) in [5.41, 5.74) is 13.6. The van der Waals surface area contributed by atoms with Crippen molar-refractivity contribution in [3.63, 3.8) is 0 Å². The molecule has 0 fully saturated rings. The van der Waals surface area contributed by atoms with E-state index in [0.29, 0.717) is 17.2 Å². The van der Waals surface area contributed by atoms with Gasteiger partial charge in [-0.25, -0.2) is 9.18 Å². The topological polar surface area (TPSA) is 82.8 Å². The van der Waals surface area contributed by atoms with E-state index < -0.39 is 17.8 Å². The van der Waals surface area contributed by atoms with E-state index in [-0.39, 0.29) is 11.1 Å². The van der Waals surface area contributed by atoms with E-state index in [2.05, 4.69) is 38.2 Å². The van der Waals surface area contributed by atoms with E-state index in [9.17, 15) is 9.18 Å². The summed E-state index contributed by atoms with van der Waals surface area (Å²) in [5, 5.41) is 3.62. The first-order chi connectivity index (χ1) is 19.6. The summed E-state index contributed by atoms with van der Waals surface area (Å²) < 4.78 is 30.3. The molecular formula is C34H33FN2O4. The van der Waals surface area contributed by atoms with Gasteiger partial charge in [-0.2, -0.15) is 0 Å². The van der Waals surface area contributed by atoms with Gasteiger partial charge >= 0.3 is 5.97 Å². The highest BCUT2D eigenvalue weighted by atomic mass is 19.1. The lowest BCUT2D eigenvalue weighted by molar-refractivity contribution is 0.0734. The SMILES string of the molecule is COc1cc(OC(=O)c2ccc(F)cc2)ccc1-c1ccc2c(c1C(N)c1ccccc1OC)C(C)=CC(C)(C)N2. The number of benzene rings is 4. The second-order valence-corrected chi connectivity index (χ2v) is 10.6. The molecule has 210 valence electrons. The highest BCUT2D eigenvalue weighted by molar-refractivity contribution is 5.92. The minimum absolute atomic E-state index is 0.224. The Hall–Kier alpha value is -4.62. The molecule has 41 heavy (non-hydrogen) atoms. The fourth-order valence-corrected chi connectivity index (χ4v) is 5.49. The number of ether oxygens (including phenoxy) is 3. The van der Waals surface area contributed by atoms with Crippen molar-refractivity contribution >= 4 is 17.2 Å². The van der Waals surface area contributed by atoms with Crippen LogP contribution in [0.1, 0.15) is 53.9 Å². The van der Waals surface area contributed by atoms with E-state index in [1.54, 1.807) is 26.4 Å². The maximum absolute atomic E-state index is 13.3. The fourth-order valence-electron chi connectivity index (χ4n) is 5.49. The summed E-state index contributed by atoms with van der Waals surface area (Å²) in [5.74, 6) is 0.483. The number of anilines is 1. The number of halogens is 1. The van der Waals surface area contributed by atoms with Crippen LogP contribution in [0.25, 0.3) is 16.7 Å². The monoisotopic (exact) mass is 552 g/mol. The van der Waals surface area contributed by atoms with Crippen LogP contribution < -0.4 is 25.3 Å². The lowest BCUT2D eigenvalue weighted by Crippen LogP contribution is -2.32. The molecule has 0 aromatic heterocycles. The van der Waals surface area contributed by atoms with E-state index in [4.69, 9.17) is 19.9 Å². The Kier molecular flexibility index (Phi) is 7.56. The average Bonchev–Trinajstić information content (AvgIpc) is 2.96. The zero-order valence-electron chi connectivity index (χ0n) is 23.7. The molecule has 6 nitrogen and oxygen atoms in total. The second-order valence-electron chi connectivity index (χ2n) is 10.6. The third kappa shape index (κ3) is 5.54. The van der Waals surface area contributed by atoms with E-state index in [1.807, 2.05) is 36.4 Å². The molecule has 0 aliphatic carbocycles. The molecule has 0 saturated carbocycles. The van der Waals surface area contributed by atoms with Gasteiger partial charge < -0.3 is 25.3 Å². The fraction of sp³-hybridized carbons (Fsp3) is 0.206. The zero-order chi connectivity index (χ0) is 29.3. The summed E-state index contributed by atoms with van der Waals surface area (Å²) in [6.07, 6.45) is 2.20. The number of hydrogen-bond acceptors (Lipinski definition) is 6. The van der Waals surface area contributed by atoms with Crippen molar-refractivity contribution in [2.24, 2.45) is 5.73 Å². The molecule has 0 amide bonds. The molecule has 1 aliphatic rings. The van der Waals surface area contributed by atoms with Crippen molar-refractivity contribution in [3.05, 3.63) is 113 Å². The molecule has 1 heterocycles. The van der Waals surface area contributed by atoms with Crippen LogP contribution in [0.15, 0.2) is 84.9 Å². The summed E-state index contributed by atoms with van der Waals surface area (Å²) in [6.45, 7) is 6.35. The number of allylic oxidation sites excluding steroid dienone is 1. The van der Waals surface area contributed by atoms with Gasteiger partial charge in [-0.3, -0.25) is 0 Å². The van der Waals surface area contributed by atoms with Gasteiger partial charge in [0.05, 0.1) is 31.4 Å². The van der Waals surface area contributed by atoms with E-state index in [0.717, 1.165) is 39.1 Å². The number of hydrogen-bond donors (Lipinski definition) is 2. The van der Waals surface area contributed by atoms with Gasteiger partial charge in [-0.15, -0.1) is 0 Å². The highest BCUT2D eigenvalue weighted by Crippen LogP contribution is 2.47. The molecule has 3 N–H and O–H groups in total. The highest BCUT2D eigenvalue weighted by Gasteiger charge is 2.30. The van der Waals surface area contributed by atoms with Crippen LogP contribution in [-0.4, -0.2) is 25.7 Å². The van der Waals surface area contributed by atoms with Gasteiger partial charge in [0.1, 0.15) is 23.1 Å². The van der Waals surface area contributed by atoms with Crippen LogP contribution >= 0.6 is 0 Å². The number of nitrogens with two attached hydrogens (primary N) is 1. The van der Waals surface area contributed by atoms with Crippen LogP contribution in [0, 0.1) is 5.82 Å². The number of carbonyl (C=O) groups excluding carboxylic acids is 1. The molecule has 4 aromatic carbocycles. The molecule has 5 rings (SSSR count). The lowest BCUT2D eigenvalue weighted by Gasteiger charge is -2.35. The summed E-state index contributed by atoms with van der Waals surface area (Å²) in [7, 11) is 3.20. The minimum atomic E-state index is -0.595. The predicted molar refractivity (Wildman–Crippen MR) is 160 cm³/mol. The van der Waals surface area contributed by atoms with E-state index in [1.165, 1.54) is 24.3 Å². The van der Waals surface area contributed by atoms with Crippen LogP contribution in [0.2, 0.25) is 0 Å². The first kappa shape index (κ1) is 27.9. The molecule has 1 unspecified atom stereocenters. The largest absolute Gasteiger partial charge is 0.496 e. The predicted octanol–water partition coefficient (Wildman–Crippen LogP) is 7.38. The zero-order valence-corrected chi connectivity index (χ0v) is 23.7. The maximum Gasteiger partial charge on any atom is 0.343 e. The molecular weight excluding hydrogens is 519 g/mol. The Labute approximate surface area is 239 Å². The van der Waals surface area contributed by atoms with E-state index >= 15 is 0 Å². The molecule has 0 spiro atoms. The van der Waals surface area contributed by atoms with Crippen LogP contribution in [-0.2, 0) is 0 Å². The Morgan fingerprint density at radius 2 is 1.59 bits per heavy atom. The van der Waals surface area contributed by atoms with Crippen LogP contribution in [0.4, 0.5) is 10.1 Å². The van der Waals surface area contributed by atoms with Gasteiger partial charge in [0.2, 0.25) is 0 Å². The maximum atomic E-state index is 13.3. The molecule has 0 saturated heterocycles. The summed E-state index contributed by atoms with van der Waals surface area (Å²) in [4.78, 5) is 12.7. The number of para-hydroxylation sites is 1. The van der Waals surface area contributed by atoms with Gasteiger partial charge in [0.15, 0.2) is 0 Å². The van der Waals surface area contributed by atoms with Crippen molar-refractivity contribution in [2.45, 2.75) is 32.4 Å². The van der Waals surface area contributed by atoms with Gasteiger partial charge in [0, 0.05) is 28.4 Å². The third-order valence-corrected chi connectivity index (χ3v) is 7.21. The normalized spacial score (nSPS) is 14.3. The molecule has 4 aromatic rings. The smallest absolute Gasteiger partial charge is 0.343 e. The number of rotatable bonds is 7. The van der Waals surface area contributed by atoms with Crippen molar-refractivity contribution < 1.29 is 23.4 Å². The standard InChI is InChI=1S/C34H33FN2O4/c1-20-19-34(2,3)37-27-17-16-25(31(30(20)27)32(36)26-8-6-7-9-28(26)39-4)24-15-14-23(18-29(24)40-5)41-33(38)21-10-12-22(35)13-11-21/h6-19,32,37H,36H2,1-5H3. The molecule has 0 radical (unpaired) electrons. The van der Waals surface area contributed by atoms with Crippen molar-refractivity contribution in [1.29, 1.82) is 0 Å². The lowest BCUT2D eigenvalue weighted by atomic mass is 9.81. The Balaban J connectivity index is 1.64. The summed E-state index contributed by atoms with van der Waals surface area (Å²) in [6, 6.07) is 21.7. The van der Waals surface area contributed by atoms with Crippen molar-refractivity contribution in [2.75, 3.05) is 19.5 Å². The summed E-state index contributed by atoms with van der Waals surface area (Å²) >= 11 is 0. The van der Waals surface area contributed by atoms with Gasteiger partial charge in [0.25, 0.3) is 0 Å². The Morgan fingerprint density at radius 1 is 0.902 bits per heavy atom. The number of nitrogens with one attached hydrogen (secondary N) is 1. The second kappa shape index (κ2) is 11.1. The third-order valence-electron chi connectivity index (χ3n) is 7.21. The number of carbonyl (C=O) groups is 1. The van der Waals surface area contributed by atoms with Crippen LogP contribution in [0.3, 0.4) is 0 Å². The minimum Gasteiger partial charge on any atom is -0.496 e. The molecule has 1 aliphatic heterocycles. The Bertz CT molecular complexity index is 1640. The first-order valence-electron chi connectivity index (χ1n) is 13.3. The average molecular weight is 553 g/mol. The first-order valence-corrected chi connectivity index (χ1v) is 13.3. The quantitative estimate of drug-likeness (QED) is 0.184. The molecule has 7 heteroatoms. The van der Waals surface area contributed by atoms with Crippen molar-refractivity contribution in [1.82, 2.24) is 0 Å². The molecule has 0 bridgehead atoms. The number of fused-ring (bicyclic) bond motifs is 1. The number of esters is 1. The Morgan fingerprint density at radius 3 is 2.29 bits per heavy atom. The van der Waals surface area contributed by atoms with Crippen LogP contribution in [0.5, 0.6) is 17.2 Å². The molecule has 1 atom stereocenters. The van der Waals surface area contributed by atoms with Gasteiger partial charge in [-0.05, 0) is 86.0 Å². The number of methoxy groups -OCH3 is 2. The van der Waals surface area contributed by atoms with Crippen molar-refractivity contribution in [3.8, 4) is 28.4 Å².